The molecule has 0 aliphatic carbocycles. The van der Waals surface area contributed by atoms with E-state index in [1.807, 2.05) is 43.3 Å². The van der Waals surface area contributed by atoms with E-state index in [0.29, 0.717) is 17.9 Å². The van der Waals surface area contributed by atoms with Crippen molar-refractivity contribution in [3.63, 3.8) is 0 Å². The maximum atomic E-state index is 11.5. The summed E-state index contributed by atoms with van der Waals surface area (Å²) in [7, 11) is 1.37. The topological polar surface area (TPSA) is 35.5 Å². The van der Waals surface area contributed by atoms with Gasteiger partial charge in [-0.2, -0.15) is 0 Å². The average molecular weight is 256 g/mol. The SMILES string of the molecule is COC(=O)c1ccc(C)c(OCc2ccccc2)c1. The third-order valence-electron chi connectivity index (χ3n) is 2.85. The quantitative estimate of drug-likeness (QED) is 0.787. The molecule has 0 N–H and O–H groups in total. The number of carbonyl (C=O) groups is 1. The first-order valence-corrected chi connectivity index (χ1v) is 6.06. The summed E-state index contributed by atoms with van der Waals surface area (Å²) >= 11 is 0. The number of rotatable bonds is 4. The summed E-state index contributed by atoms with van der Waals surface area (Å²) in [6, 6.07) is 15.2. The second-order valence-corrected chi connectivity index (χ2v) is 4.25. The van der Waals surface area contributed by atoms with Gasteiger partial charge in [0.15, 0.2) is 0 Å². The highest BCUT2D eigenvalue weighted by Crippen LogP contribution is 2.21. The fourth-order valence-electron chi connectivity index (χ4n) is 1.74. The Kier molecular flexibility index (Phi) is 4.18. The van der Waals surface area contributed by atoms with Gasteiger partial charge in [0.25, 0.3) is 0 Å². The number of hydrogen-bond donors (Lipinski definition) is 0. The molecular formula is C16H16O3. The molecule has 2 rings (SSSR count). The van der Waals surface area contributed by atoms with Gasteiger partial charge in [-0.3, -0.25) is 0 Å². The molecule has 0 radical (unpaired) electrons. The highest BCUT2D eigenvalue weighted by molar-refractivity contribution is 5.89. The Labute approximate surface area is 112 Å². The first-order chi connectivity index (χ1) is 9.20. The molecule has 2 aromatic carbocycles. The van der Waals surface area contributed by atoms with E-state index in [-0.39, 0.29) is 5.97 Å². The zero-order valence-electron chi connectivity index (χ0n) is 11.1. The van der Waals surface area contributed by atoms with Crippen LogP contribution in [0, 0.1) is 6.92 Å². The van der Waals surface area contributed by atoms with Gasteiger partial charge in [-0.1, -0.05) is 36.4 Å². The van der Waals surface area contributed by atoms with Crippen molar-refractivity contribution in [3.8, 4) is 5.75 Å². The number of ether oxygens (including phenoxy) is 2. The minimum atomic E-state index is -0.357. The standard InChI is InChI=1S/C16H16O3/c1-12-8-9-14(16(17)18-2)10-15(12)19-11-13-6-4-3-5-7-13/h3-10H,11H2,1-2H3. The lowest BCUT2D eigenvalue weighted by Crippen LogP contribution is -2.03. The van der Waals surface area contributed by atoms with Crippen LogP contribution in [0.15, 0.2) is 48.5 Å². The second-order valence-electron chi connectivity index (χ2n) is 4.25. The van der Waals surface area contributed by atoms with Gasteiger partial charge < -0.3 is 9.47 Å². The average Bonchev–Trinajstić information content (AvgIpc) is 2.46. The minimum absolute atomic E-state index is 0.357. The van der Waals surface area contributed by atoms with Gasteiger partial charge in [0.1, 0.15) is 12.4 Å². The Morgan fingerprint density at radius 2 is 1.84 bits per heavy atom. The maximum absolute atomic E-state index is 11.5. The Balaban J connectivity index is 2.13. The molecule has 0 aromatic heterocycles. The zero-order chi connectivity index (χ0) is 13.7. The molecule has 3 nitrogen and oxygen atoms in total. The van der Waals surface area contributed by atoms with Crippen LogP contribution in [0.4, 0.5) is 0 Å². The number of hydrogen-bond acceptors (Lipinski definition) is 3. The molecule has 0 aliphatic rings. The van der Waals surface area contributed by atoms with Crippen LogP contribution >= 0.6 is 0 Å². The molecule has 0 atom stereocenters. The van der Waals surface area contributed by atoms with Crippen LogP contribution in [0.3, 0.4) is 0 Å². The Morgan fingerprint density at radius 1 is 1.11 bits per heavy atom. The summed E-state index contributed by atoms with van der Waals surface area (Å²) in [5, 5.41) is 0. The van der Waals surface area contributed by atoms with Crippen molar-refractivity contribution >= 4 is 5.97 Å². The molecule has 19 heavy (non-hydrogen) atoms. The summed E-state index contributed by atoms with van der Waals surface area (Å²) in [5.41, 5.74) is 2.57. The molecule has 98 valence electrons. The van der Waals surface area contributed by atoms with E-state index in [0.717, 1.165) is 11.1 Å². The van der Waals surface area contributed by atoms with Crippen molar-refractivity contribution in [1.82, 2.24) is 0 Å². The Bertz CT molecular complexity index is 561. The van der Waals surface area contributed by atoms with Crippen LogP contribution < -0.4 is 4.74 Å². The summed E-state index contributed by atoms with van der Waals surface area (Å²) in [6.07, 6.45) is 0. The van der Waals surface area contributed by atoms with E-state index in [1.165, 1.54) is 7.11 Å². The van der Waals surface area contributed by atoms with Gasteiger partial charge in [-0.05, 0) is 30.2 Å². The molecule has 0 unspecified atom stereocenters. The van der Waals surface area contributed by atoms with Crippen molar-refractivity contribution in [3.05, 3.63) is 65.2 Å². The van der Waals surface area contributed by atoms with E-state index < -0.39 is 0 Å². The monoisotopic (exact) mass is 256 g/mol. The number of benzene rings is 2. The molecule has 2 aromatic rings. The lowest BCUT2D eigenvalue weighted by molar-refractivity contribution is 0.0600. The number of esters is 1. The molecule has 0 saturated heterocycles. The summed E-state index contributed by atoms with van der Waals surface area (Å²) in [4.78, 5) is 11.5. The highest BCUT2D eigenvalue weighted by Gasteiger charge is 2.08. The van der Waals surface area contributed by atoms with Crippen molar-refractivity contribution in [2.24, 2.45) is 0 Å². The molecule has 0 spiro atoms. The van der Waals surface area contributed by atoms with Crippen molar-refractivity contribution in [2.45, 2.75) is 13.5 Å². The van der Waals surface area contributed by atoms with Crippen molar-refractivity contribution in [1.29, 1.82) is 0 Å². The number of methoxy groups -OCH3 is 1. The van der Waals surface area contributed by atoms with Crippen LogP contribution in [0.5, 0.6) is 5.75 Å². The third-order valence-corrected chi connectivity index (χ3v) is 2.85. The van der Waals surface area contributed by atoms with E-state index in [1.54, 1.807) is 12.1 Å². The van der Waals surface area contributed by atoms with Crippen LogP contribution in [0.2, 0.25) is 0 Å². The summed E-state index contributed by atoms with van der Waals surface area (Å²) in [6.45, 7) is 2.42. The zero-order valence-corrected chi connectivity index (χ0v) is 11.1. The lowest BCUT2D eigenvalue weighted by Gasteiger charge is -2.10. The molecule has 0 heterocycles. The van der Waals surface area contributed by atoms with Gasteiger partial charge in [0.2, 0.25) is 0 Å². The number of carbonyl (C=O) groups excluding carboxylic acids is 1. The lowest BCUT2D eigenvalue weighted by atomic mass is 10.1. The van der Waals surface area contributed by atoms with Gasteiger partial charge >= 0.3 is 5.97 Å². The van der Waals surface area contributed by atoms with Gasteiger partial charge in [0.05, 0.1) is 12.7 Å². The second kappa shape index (κ2) is 6.05. The van der Waals surface area contributed by atoms with Crippen LogP contribution in [-0.4, -0.2) is 13.1 Å². The van der Waals surface area contributed by atoms with Crippen molar-refractivity contribution in [2.75, 3.05) is 7.11 Å². The van der Waals surface area contributed by atoms with Gasteiger partial charge in [0, 0.05) is 0 Å². The fraction of sp³-hybridized carbons (Fsp3) is 0.188. The molecule has 0 bridgehead atoms. The normalized spacial score (nSPS) is 10.0. The minimum Gasteiger partial charge on any atom is -0.489 e. The maximum Gasteiger partial charge on any atom is 0.337 e. The van der Waals surface area contributed by atoms with Crippen LogP contribution in [0.25, 0.3) is 0 Å². The van der Waals surface area contributed by atoms with E-state index >= 15 is 0 Å². The molecule has 0 amide bonds. The molecular weight excluding hydrogens is 240 g/mol. The van der Waals surface area contributed by atoms with Gasteiger partial charge in [-0.25, -0.2) is 4.79 Å². The van der Waals surface area contributed by atoms with Crippen LogP contribution in [0.1, 0.15) is 21.5 Å². The molecule has 0 aliphatic heterocycles. The first kappa shape index (κ1) is 13.1. The molecule has 0 saturated carbocycles. The predicted octanol–water partition coefficient (Wildman–Crippen LogP) is 3.36. The molecule has 0 fully saturated rings. The largest absolute Gasteiger partial charge is 0.489 e. The summed E-state index contributed by atoms with van der Waals surface area (Å²) < 4.78 is 10.4. The number of aryl methyl sites for hydroxylation is 1. The first-order valence-electron chi connectivity index (χ1n) is 6.06. The highest BCUT2D eigenvalue weighted by atomic mass is 16.5. The fourth-order valence-corrected chi connectivity index (χ4v) is 1.74. The smallest absolute Gasteiger partial charge is 0.337 e. The Morgan fingerprint density at radius 3 is 2.53 bits per heavy atom. The molecule has 3 heteroatoms. The Hall–Kier alpha value is -2.29. The third kappa shape index (κ3) is 3.35. The predicted molar refractivity (Wildman–Crippen MR) is 73.3 cm³/mol. The summed E-state index contributed by atoms with van der Waals surface area (Å²) in [5.74, 6) is 0.344. The van der Waals surface area contributed by atoms with E-state index in [2.05, 4.69) is 0 Å². The van der Waals surface area contributed by atoms with Crippen molar-refractivity contribution < 1.29 is 14.3 Å². The van der Waals surface area contributed by atoms with Gasteiger partial charge in [-0.15, -0.1) is 0 Å². The van der Waals surface area contributed by atoms with E-state index in [9.17, 15) is 4.79 Å². The van der Waals surface area contributed by atoms with E-state index in [4.69, 9.17) is 9.47 Å². The van der Waals surface area contributed by atoms with Crippen LogP contribution in [-0.2, 0) is 11.3 Å².